The minimum atomic E-state index is -0.321. The largest absolute Gasteiger partial charge is 0.344 e. The molecule has 0 saturated heterocycles. The van der Waals surface area contributed by atoms with Gasteiger partial charge in [-0.25, -0.2) is 9.37 Å². The van der Waals surface area contributed by atoms with E-state index in [0.29, 0.717) is 34.9 Å². The van der Waals surface area contributed by atoms with Gasteiger partial charge in [-0.3, -0.25) is 4.79 Å². The van der Waals surface area contributed by atoms with Crippen LogP contribution in [0.15, 0.2) is 78.9 Å². The fourth-order valence-corrected chi connectivity index (χ4v) is 3.83. The molecule has 1 atom stereocenters. The highest BCUT2D eigenvalue weighted by Gasteiger charge is 2.25. The van der Waals surface area contributed by atoms with E-state index in [1.807, 2.05) is 85.1 Å². The van der Waals surface area contributed by atoms with Crippen molar-refractivity contribution in [3.8, 4) is 22.6 Å². The van der Waals surface area contributed by atoms with Crippen LogP contribution in [0.25, 0.3) is 22.6 Å². The minimum absolute atomic E-state index is 0.188. The van der Waals surface area contributed by atoms with Crippen LogP contribution >= 0.6 is 0 Å². The van der Waals surface area contributed by atoms with E-state index in [4.69, 9.17) is 4.98 Å². The Balaban J connectivity index is 1.84. The summed E-state index contributed by atoms with van der Waals surface area (Å²) < 4.78 is 16.3. The number of rotatable bonds is 6. The molecule has 1 N–H and O–H groups in total. The summed E-state index contributed by atoms with van der Waals surface area (Å²) in [7, 11) is 0. The van der Waals surface area contributed by atoms with Gasteiger partial charge >= 0.3 is 0 Å². The lowest BCUT2D eigenvalue weighted by atomic mass is 10.1. The van der Waals surface area contributed by atoms with Crippen LogP contribution in [0.1, 0.15) is 41.5 Å². The topological polar surface area (TPSA) is 46.9 Å². The number of amides is 1. The van der Waals surface area contributed by atoms with Crippen molar-refractivity contribution in [2.75, 3.05) is 0 Å². The maximum atomic E-state index is 14.4. The fraction of sp³-hybridized carbons (Fsp3) is 0.185. The number of aryl methyl sites for hydroxylation is 1. The van der Waals surface area contributed by atoms with Crippen LogP contribution in [0.2, 0.25) is 0 Å². The monoisotopic (exact) mass is 427 g/mol. The molecular formula is C27H26FN3O. The Bertz CT molecular complexity index is 1230. The SMILES string of the molecule is CCn1c(-c2ccccc2)nc(-c2ccc(C)c(F)c2)c1C(=O)NC(C)c1ccccc1. The van der Waals surface area contributed by atoms with Crippen molar-refractivity contribution in [2.45, 2.75) is 33.4 Å². The van der Waals surface area contributed by atoms with Crippen LogP contribution in [-0.2, 0) is 6.54 Å². The molecule has 0 aliphatic heterocycles. The molecule has 1 amide bonds. The number of nitrogens with one attached hydrogen (secondary N) is 1. The molecular weight excluding hydrogens is 401 g/mol. The maximum Gasteiger partial charge on any atom is 0.270 e. The molecule has 0 radical (unpaired) electrons. The molecule has 0 fully saturated rings. The molecule has 32 heavy (non-hydrogen) atoms. The van der Waals surface area contributed by atoms with Crippen molar-refractivity contribution in [2.24, 2.45) is 0 Å². The smallest absolute Gasteiger partial charge is 0.270 e. The lowest BCUT2D eigenvalue weighted by Gasteiger charge is -2.16. The third-order valence-electron chi connectivity index (χ3n) is 5.62. The van der Waals surface area contributed by atoms with E-state index in [1.165, 1.54) is 6.07 Å². The van der Waals surface area contributed by atoms with Crippen LogP contribution in [0.4, 0.5) is 4.39 Å². The molecule has 1 aromatic heterocycles. The van der Waals surface area contributed by atoms with Gasteiger partial charge in [0.1, 0.15) is 23.0 Å². The Morgan fingerprint density at radius 3 is 2.28 bits per heavy atom. The molecule has 1 heterocycles. The summed E-state index contributed by atoms with van der Waals surface area (Å²) in [5.74, 6) is 0.120. The van der Waals surface area contributed by atoms with Gasteiger partial charge in [0.05, 0.1) is 6.04 Å². The zero-order valence-corrected chi connectivity index (χ0v) is 18.5. The van der Waals surface area contributed by atoms with E-state index in [1.54, 1.807) is 13.0 Å². The predicted octanol–water partition coefficient (Wildman–Crippen LogP) is 6.18. The number of hydrogen-bond donors (Lipinski definition) is 1. The highest BCUT2D eigenvalue weighted by molar-refractivity contribution is 5.99. The number of carbonyl (C=O) groups is 1. The predicted molar refractivity (Wildman–Crippen MR) is 126 cm³/mol. The Kier molecular flexibility index (Phi) is 6.17. The third-order valence-corrected chi connectivity index (χ3v) is 5.62. The van der Waals surface area contributed by atoms with Crippen molar-refractivity contribution >= 4 is 5.91 Å². The van der Waals surface area contributed by atoms with Crippen LogP contribution < -0.4 is 5.32 Å². The molecule has 0 bridgehead atoms. The molecule has 3 aromatic carbocycles. The number of aromatic nitrogens is 2. The van der Waals surface area contributed by atoms with Crippen molar-refractivity contribution in [3.05, 3.63) is 102 Å². The Morgan fingerprint density at radius 2 is 1.66 bits per heavy atom. The first kappa shape index (κ1) is 21.5. The van der Waals surface area contributed by atoms with Crippen molar-refractivity contribution in [1.29, 1.82) is 0 Å². The van der Waals surface area contributed by atoms with Gasteiger partial charge < -0.3 is 9.88 Å². The Labute approximate surface area is 187 Å². The summed E-state index contributed by atoms with van der Waals surface area (Å²) in [4.78, 5) is 18.4. The van der Waals surface area contributed by atoms with Crippen LogP contribution in [-0.4, -0.2) is 15.5 Å². The zero-order chi connectivity index (χ0) is 22.7. The van der Waals surface area contributed by atoms with E-state index < -0.39 is 0 Å². The van der Waals surface area contributed by atoms with Crippen LogP contribution in [0.3, 0.4) is 0 Å². The zero-order valence-electron chi connectivity index (χ0n) is 18.5. The first-order valence-electron chi connectivity index (χ1n) is 10.8. The van der Waals surface area contributed by atoms with Gasteiger partial charge in [-0.15, -0.1) is 0 Å². The van der Waals surface area contributed by atoms with Gasteiger partial charge in [-0.2, -0.15) is 0 Å². The van der Waals surface area contributed by atoms with E-state index in [-0.39, 0.29) is 17.8 Å². The summed E-state index contributed by atoms with van der Waals surface area (Å²) >= 11 is 0. The molecule has 0 saturated carbocycles. The van der Waals surface area contributed by atoms with Gasteiger partial charge in [0.2, 0.25) is 0 Å². The minimum Gasteiger partial charge on any atom is -0.344 e. The summed E-state index contributed by atoms with van der Waals surface area (Å²) in [6.45, 7) is 6.19. The van der Waals surface area contributed by atoms with Gasteiger partial charge in [0.25, 0.3) is 5.91 Å². The number of benzene rings is 3. The van der Waals surface area contributed by atoms with Crippen LogP contribution in [0.5, 0.6) is 0 Å². The average molecular weight is 428 g/mol. The van der Waals surface area contributed by atoms with Gasteiger partial charge in [0.15, 0.2) is 0 Å². The number of imidazole rings is 1. The standard InChI is InChI=1S/C27H26FN3O/c1-4-31-25(27(32)29-19(3)20-11-7-5-8-12-20)24(22-16-15-18(2)23(28)17-22)30-26(31)21-13-9-6-10-14-21/h5-17,19H,4H2,1-3H3,(H,29,32). The fourth-order valence-electron chi connectivity index (χ4n) is 3.83. The molecule has 0 spiro atoms. The molecule has 0 aliphatic carbocycles. The summed E-state index contributed by atoms with van der Waals surface area (Å²) in [5.41, 5.74) is 3.94. The summed E-state index contributed by atoms with van der Waals surface area (Å²) in [6.07, 6.45) is 0. The molecule has 1 unspecified atom stereocenters. The first-order chi connectivity index (χ1) is 15.5. The van der Waals surface area contributed by atoms with Crippen LogP contribution in [0, 0.1) is 12.7 Å². The number of halogens is 1. The first-order valence-corrected chi connectivity index (χ1v) is 10.8. The molecule has 4 nitrogen and oxygen atoms in total. The number of nitrogens with zero attached hydrogens (tertiary/aromatic N) is 2. The van der Waals surface area contributed by atoms with Gasteiger partial charge in [0, 0.05) is 17.7 Å². The highest BCUT2D eigenvalue weighted by Crippen LogP contribution is 2.31. The molecule has 5 heteroatoms. The van der Waals surface area contributed by atoms with E-state index in [2.05, 4.69) is 5.32 Å². The van der Waals surface area contributed by atoms with Crippen molar-refractivity contribution < 1.29 is 9.18 Å². The molecule has 4 aromatic rings. The molecule has 162 valence electrons. The average Bonchev–Trinajstić information content (AvgIpc) is 3.22. The Morgan fingerprint density at radius 1 is 1.00 bits per heavy atom. The maximum absolute atomic E-state index is 14.4. The quantitative estimate of drug-likeness (QED) is 0.400. The summed E-state index contributed by atoms with van der Waals surface area (Å²) in [5, 5.41) is 3.09. The van der Waals surface area contributed by atoms with E-state index in [0.717, 1.165) is 11.1 Å². The highest BCUT2D eigenvalue weighted by atomic mass is 19.1. The lowest BCUT2D eigenvalue weighted by molar-refractivity contribution is 0.0931. The second-order valence-electron chi connectivity index (χ2n) is 7.81. The molecule has 0 aliphatic rings. The van der Waals surface area contributed by atoms with E-state index in [9.17, 15) is 9.18 Å². The van der Waals surface area contributed by atoms with E-state index >= 15 is 0 Å². The number of hydrogen-bond acceptors (Lipinski definition) is 2. The van der Waals surface area contributed by atoms with Gasteiger partial charge in [-0.1, -0.05) is 72.8 Å². The normalized spacial score (nSPS) is 11.9. The molecule has 4 rings (SSSR count). The third kappa shape index (κ3) is 4.19. The van der Waals surface area contributed by atoms with Crippen molar-refractivity contribution in [3.63, 3.8) is 0 Å². The lowest BCUT2D eigenvalue weighted by Crippen LogP contribution is -2.29. The number of carbonyl (C=O) groups excluding carboxylic acids is 1. The summed E-state index contributed by atoms with van der Waals surface area (Å²) in [6, 6.07) is 24.3. The van der Waals surface area contributed by atoms with Gasteiger partial charge in [-0.05, 0) is 38.0 Å². The Hall–Kier alpha value is -3.73. The second kappa shape index (κ2) is 9.18. The second-order valence-corrected chi connectivity index (χ2v) is 7.81. The van der Waals surface area contributed by atoms with Crippen molar-refractivity contribution in [1.82, 2.24) is 14.9 Å².